The Bertz CT molecular complexity index is 795. The number of halogens is 1. The quantitative estimate of drug-likeness (QED) is 0.613. The van der Waals surface area contributed by atoms with Crippen LogP contribution in [0.15, 0.2) is 53.5 Å². The van der Waals surface area contributed by atoms with Gasteiger partial charge in [-0.05, 0) is 42.7 Å². The van der Waals surface area contributed by atoms with Crippen LogP contribution < -0.4 is 5.32 Å². The smallest absolute Gasteiger partial charge is 0.194 e. The van der Waals surface area contributed by atoms with Crippen molar-refractivity contribution in [2.24, 2.45) is 4.99 Å². The summed E-state index contributed by atoms with van der Waals surface area (Å²) in [5.74, 6) is 0.569. The minimum Gasteiger partial charge on any atom is -0.392 e. The molecule has 2 unspecified atom stereocenters. The van der Waals surface area contributed by atoms with Crippen LogP contribution in [-0.4, -0.2) is 41.7 Å². The molecule has 1 saturated heterocycles. The van der Waals surface area contributed by atoms with Crippen molar-refractivity contribution in [1.29, 1.82) is 0 Å². The second-order valence-corrected chi connectivity index (χ2v) is 6.99. The van der Waals surface area contributed by atoms with E-state index in [4.69, 9.17) is 9.73 Å². The predicted octanol–water partition coefficient (Wildman–Crippen LogP) is 3.25. The minimum atomic E-state index is -0.248. The van der Waals surface area contributed by atoms with Gasteiger partial charge in [0.15, 0.2) is 5.96 Å². The van der Waals surface area contributed by atoms with Gasteiger partial charge < -0.3 is 20.1 Å². The fraction of sp³-hybridized carbons (Fsp3) is 0.409. The molecule has 28 heavy (non-hydrogen) atoms. The van der Waals surface area contributed by atoms with Gasteiger partial charge in [0, 0.05) is 13.1 Å². The monoisotopic (exact) mass is 385 g/mol. The fourth-order valence-electron chi connectivity index (χ4n) is 3.44. The van der Waals surface area contributed by atoms with E-state index in [9.17, 15) is 9.50 Å². The molecule has 6 heteroatoms. The van der Waals surface area contributed by atoms with Crippen LogP contribution in [0.5, 0.6) is 0 Å². The van der Waals surface area contributed by atoms with Crippen LogP contribution in [0, 0.1) is 5.82 Å². The van der Waals surface area contributed by atoms with Crippen molar-refractivity contribution in [2.45, 2.75) is 39.2 Å². The number of benzene rings is 2. The molecule has 0 aliphatic carbocycles. The maximum atomic E-state index is 13.3. The Balaban J connectivity index is 1.78. The van der Waals surface area contributed by atoms with Crippen molar-refractivity contribution in [1.82, 2.24) is 10.2 Å². The molecule has 1 fully saturated rings. The zero-order chi connectivity index (χ0) is 19.9. The summed E-state index contributed by atoms with van der Waals surface area (Å²) in [7, 11) is 0. The van der Waals surface area contributed by atoms with E-state index in [-0.39, 0.29) is 24.6 Å². The van der Waals surface area contributed by atoms with Crippen LogP contribution in [0.1, 0.15) is 36.6 Å². The number of hydrogen-bond acceptors (Lipinski definition) is 3. The number of ether oxygens (including phenoxy) is 1. The summed E-state index contributed by atoms with van der Waals surface area (Å²) in [5, 5.41) is 12.9. The highest BCUT2D eigenvalue weighted by molar-refractivity contribution is 5.80. The average Bonchev–Trinajstić information content (AvgIpc) is 2.71. The van der Waals surface area contributed by atoms with E-state index >= 15 is 0 Å². The number of nitrogens with zero attached hydrogens (tertiary/aromatic N) is 2. The van der Waals surface area contributed by atoms with Crippen molar-refractivity contribution < 1.29 is 14.2 Å². The van der Waals surface area contributed by atoms with Crippen LogP contribution in [0.2, 0.25) is 0 Å². The second kappa shape index (κ2) is 9.66. The Hall–Kier alpha value is -2.44. The molecular weight excluding hydrogens is 357 g/mol. The molecule has 0 aromatic heterocycles. The lowest BCUT2D eigenvalue weighted by Crippen LogP contribution is -2.50. The van der Waals surface area contributed by atoms with Gasteiger partial charge in [-0.25, -0.2) is 9.38 Å². The first-order chi connectivity index (χ1) is 13.6. The topological polar surface area (TPSA) is 57.1 Å². The Morgan fingerprint density at radius 3 is 2.57 bits per heavy atom. The minimum absolute atomic E-state index is 0.00343. The molecule has 0 bridgehead atoms. The van der Waals surface area contributed by atoms with Crippen LogP contribution in [0.4, 0.5) is 4.39 Å². The van der Waals surface area contributed by atoms with Crippen molar-refractivity contribution in [3.05, 3.63) is 71.0 Å². The number of aliphatic hydroxyl groups excluding tert-OH is 1. The number of guanidine groups is 1. The molecule has 2 atom stereocenters. The van der Waals surface area contributed by atoms with Gasteiger partial charge in [0.25, 0.3) is 0 Å². The lowest BCUT2D eigenvalue weighted by Gasteiger charge is -2.38. The van der Waals surface area contributed by atoms with Gasteiger partial charge in [-0.1, -0.05) is 36.4 Å². The van der Waals surface area contributed by atoms with E-state index < -0.39 is 0 Å². The lowest BCUT2D eigenvalue weighted by atomic mass is 10.1. The first kappa shape index (κ1) is 20.3. The highest BCUT2D eigenvalue weighted by Crippen LogP contribution is 2.25. The molecule has 0 radical (unpaired) electrons. The maximum Gasteiger partial charge on any atom is 0.194 e. The number of hydrogen-bond donors (Lipinski definition) is 2. The Morgan fingerprint density at radius 2 is 1.89 bits per heavy atom. The SMILES string of the molecule is CCNC(=NCc1ccccc1CO)N1CC(C)OC(c2ccc(F)cc2)C1. The third-order valence-electron chi connectivity index (χ3n) is 4.82. The number of rotatable bonds is 5. The summed E-state index contributed by atoms with van der Waals surface area (Å²) in [6, 6.07) is 14.3. The van der Waals surface area contributed by atoms with Crippen molar-refractivity contribution in [3.63, 3.8) is 0 Å². The van der Waals surface area contributed by atoms with E-state index in [0.717, 1.165) is 35.7 Å². The standard InChI is InChI=1S/C22H28FN3O2/c1-3-24-22(25-12-18-6-4-5-7-19(18)15-27)26-13-16(2)28-21(14-26)17-8-10-20(23)11-9-17/h4-11,16,21,27H,3,12-15H2,1-2H3,(H,24,25). The van der Waals surface area contributed by atoms with Gasteiger partial charge in [-0.3, -0.25) is 0 Å². The fourth-order valence-corrected chi connectivity index (χ4v) is 3.44. The van der Waals surface area contributed by atoms with Crippen molar-refractivity contribution in [3.8, 4) is 0 Å². The summed E-state index contributed by atoms with van der Waals surface area (Å²) < 4.78 is 19.4. The number of aliphatic imine (C=N–C) groups is 1. The molecular formula is C22H28FN3O2. The normalized spacial score (nSPS) is 20.3. The van der Waals surface area contributed by atoms with E-state index in [1.807, 2.05) is 38.1 Å². The third-order valence-corrected chi connectivity index (χ3v) is 4.82. The van der Waals surface area contributed by atoms with Crippen molar-refractivity contribution >= 4 is 5.96 Å². The lowest BCUT2D eigenvalue weighted by molar-refractivity contribution is -0.0605. The molecule has 2 aromatic carbocycles. The Kier molecular flexibility index (Phi) is 7.01. The highest BCUT2D eigenvalue weighted by atomic mass is 19.1. The molecule has 1 heterocycles. The number of morpholine rings is 1. The maximum absolute atomic E-state index is 13.3. The van der Waals surface area contributed by atoms with Gasteiger partial charge in [0.2, 0.25) is 0 Å². The second-order valence-electron chi connectivity index (χ2n) is 6.99. The molecule has 1 aliphatic heterocycles. The molecule has 150 valence electrons. The van der Waals surface area contributed by atoms with Gasteiger partial charge in [0.1, 0.15) is 11.9 Å². The van der Waals surface area contributed by atoms with Gasteiger partial charge in [-0.15, -0.1) is 0 Å². The zero-order valence-electron chi connectivity index (χ0n) is 16.4. The molecule has 0 spiro atoms. The van der Waals surface area contributed by atoms with Gasteiger partial charge in [0.05, 0.1) is 25.8 Å². The number of aliphatic hydroxyl groups is 1. The molecule has 2 aromatic rings. The van der Waals surface area contributed by atoms with E-state index in [1.165, 1.54) is 12.1 Å². The van der Waals surface area contributed by atoms with Crippen LogP contribution in [0.25, 0.3) is 0 Å². The van der Waals surface area contributed by atoms with Crippen molar-refractivity contribution in [2.75, 3.05) is 19.6 Å². The molecule has 0 saturated carbocycles. The van der Waals surface area contributed by atoms with Gasteiger partial charge in [-0.2, -0.15) is 0 Å². The summed E-state index contributed by atoms with van der Waals surface area (Å²) >= 11 is 0. The average molecular weight is 385 g/mol. The Labute approximate surface area is 165 Å². The zero-order valence-corrected chi connectivity index (χ0v) is 16.4. The van der Waals surface area contributed by atoms with E-state index in [2.05, 4.69) is 10.2 Å². The molecule has 0 amide bonds. The summed E-state index contributed by atoms with van der Waals surface area (Å²) in [6.45, 7) is 6.70. The predicted molar refractivity (Wildman–Crippen MR) is 108 cm³/mol. The molecule has 3 rings (SSSR count). The molecule has 5 nitrogen and oxygen atoms in total. The molecule has 1 aliphatic rings. The Morgan fingerprint density at radius 1 is 1.18 bits per heavy atom. The van der Waals surface area contributed by atoms with Crippen LogP contribution in [0.3, 0.4) is 0 Å². The summed E-state index contributed by atoms with van der Waals surface area (Å²) in [4.78, 5) is 6.99. The molecule has 2 N–H and O–H groups in total. The third kappa shape index (κ3) is 5.09. The number of nitrogens with one attached hydrogen (secondary N) is 1. The van der Waals surface area contributed by atoms with E-state index in [1.54, 1.807) is 12.1 Å². The largest absolute Gasteiger partial charge is 0.392 e. The van der Waals surface area contributed by atoms with Gasteiger partial charge >= 0.3 is 0 Å². The summed E-state index contributed by atoms with van der Waals surface area (Å²) in [6.07, 6.45) is -0.115. The first-order valence-electron chi connectivity index (χ1n) is 9.72. The van der Waals surface area contributed by atoms with Crippen LogP contribution >= 0.6 is 0 Å². The van der Waals surface area contributed by atoms with Crippen LogP contribution in [-0.2, 0) is 17.9 Å². The summed E-state index contributed by atoms with van der Waals surface area (Å²) in [5.41, 5.74) is 2.86. The first-order valence-corrected chi connectivity index (χ1v) is 9.72. The highest BCUT2D eigenvalue weighted by Gasteiger charge is 2.28. The van der Waals surface area contributed by atoms with E-state index in [0.29, 0.717) is 13.1 Å².